The summed E-state index contributed by atoms with van der Waals surface area (Å²) in [7, 11) is 0. The molecule has 110 valence electrons. The summed E-state index contributed by atoms with van der Waals surface area (Å²) in [6, 6.07) is -0.945. The summed E-state index contributed by atoms with van der Waals surface area (Å²) >= 11 is 0. The van der Waals surface area contributed by atoms with Gasteiger partial charge in [-0.1, -0.05) is 0 Å². The molecule has 0 aromatic heterocycles. The lowest BCUT2D eigenvalue weighted by Crippen LogP contribution is -2.48. The lowest BCUT2D eigenvalue weighted by Gasteiger charge is -2.14. The Morgan fingerprint density at radius 1 is 1.11 bits per heavy atom. The lowest BCUT2D eigenvalue weighted by molar-refractivity contribution is -0.123. The maximum Gasteiger partial charge on any atom is 0.321 e. The van der Waals surface area contributed by atoms with Crippen LogP contribution in [0.2, 0.25) is 0 Å². The summed E-state index contributed by atoms with van der Waals surface area (Å²) in [6.07, 6.45) is 0.289. The fourth-order valence-electron chi connectivity index (χ4n) is 1.31. The standard InChI is InChI=1S/C12H24N4O3/c1-5-13-12(19)16-11(18)9(4)14-7-6-10(17)15-8(2)3/h8-9,14H,5-7H2,1-4H3,(H,15,17)(H2,13,16,18,19). The zero-order valence-corrected chi connectivity index (χ0v) is 12.0. The molecule has 0 heterocycles. The first-order valence-corrected chi connectivity index (χ1v) is 6.48. The van der Waals surface area contributed by atoms with Crippen LogP contribution in [0.3, 0.4) is 0 Å². The highest BCUT2D eigenvalue weighted by molar-refractivity contribution is 5.96. The molecular formula is C12H24N4O3. The van der Waals surface area contributed by atoms with Gasteiger partial charge in [0.25, 0.3) is 0 Å². The Balaban J connectivity index is 3.85. The van der Waals surface area contributed by atoms with Crippen LogP contribution in [0.4, 0.5) is 4.79 Å². The second-order valence-electron chi connectivity index (χ2n) is 4.50. The second-order valence-corrected chi connectivity index (χ2v) is 4.50. The van der Waals surface area contributed by atoms with Gasteiger partial charge in [-0.15, -0.1) is 0 Å². The van der Waals surface area contributed by atoms with E-state index in [2.05, 4.69) is 21.3 Å². The highest BCUT2D eigenvalue weighted by atomic mass is 16.2. The summed E-state index contributed by atoms with van der Waals surface area (Å²) in [5.74, 6) is -0.492. The van der Waals surface area contributed by atoms with Gasteiger partial charge in [0.05, 0.1) is 6.04 Å². The minimum absolute atomic E-state index is 0.0705. The van der Waals surface area contributed by atoms with Gasteiger partial charge >= 0.3 is 6.03 Å². The first kappa shape index (κ1) is 17.4. The quantitative estimate of drug-likeness (QED) is 0.512. The second kappa shape index (κ2) is 9.32. The molecule has 0 aliphatic rings. The van der Waals surface area contributed by atoms with Crippen LogP contribution in [-0.2, 0) is 9.59 Å². The van der Waals surface area contributed by atoms with Crippen LogP contribution < -0.4 is 21.3 Å². The molecule has 7 nitrogen and oxygen atoms in total. The van der Waals surface area contributed by atoms with Gasteiger partial charge in [0.15, 0.2) is 0 Å². The van der Waals surface area contributed by atoms with Crippen LogP contribution in [0.1, 0.15) is 34.1 Å². The number of amides is 4. The third-order valence-corrected chi connectivity index (χ3v) is 2.22. The summed E-state index contributed by atoms with van der Waals surface area (Å²) < 4.78 is 0. The molecule has 0 aromatic rings. The average molecular weight is 272 g/mol. The molecule has 0 aliphatic carbocycles. The highest BCUT2D eigenvalue weighted by Crippen LogP contribution is 1.86. The zero-order chi connectivity index (χ0) is 14.8. The fraction of sp³-hybridized carbons (Fsp3) is 0.750. The van der Waals surface area contributed by atoms with Gasteiger partial charge in [-0.2, -0.15) is 0 Å². The zero-order valence-electron chi connectivity index (χ0n) is 12.0. The van der Waals surface area contributed by atoms with E-state index in [0.29, 0.717) is 13.1 Å². The average Bonchev–Trinajstić information content (AvgIpc) is 2.27. The van der Waals surface area contributed by atoms with E-state index >= 15 is 0 Å². The van der Waals surface area contributed by atoms with E-state index in [1.54, 1.807) is 13.8 Å². The molecule has 0 rings (SSSR count). The molecule has 1 unspecified atom stereocenters. The Hall–Kier alpha value is -1.63. The van der Waals surface area contributed by atoms with Gasteiger partial charge < -0.3 is 16.0 Å². The number of hydrogen-bond acceptors (Lipinski definition) is 4. The van der Waals surface area contributed by atoms with E-state index in [9.17, 15) is 14.4 Å². The largest absolute Gasteiger partial charge is 0.354 e. The molecule has 7 heteroatoms. The molecule has 1 atom stereocenters. The van der Waals surface area contributed by atoms with Gasteiger partial charge in [0.2, 0.25) is 11.8 Å². The summed E-state index contributed by atoms with van der Waals surface area (Å²) in [5.41, 5.74) is 0. The van der Waals surface area contributed by atoms with Crippen LogP contribution in [0.5, 0.6) is 0 Å². The molecule has 0 radical (unpaired) electrons. The Morgan fingerprint density at radius 2 is 1.74 bits per heavy atom. The molecule has 0 saturated carbocycles. The number of carbonyl (C=O) groups is 3. The maximum atomic E-state index is 11.5. The van der Waals surface area contributed by atoms with Crippen LogP contribution in [0.15, 0.2) is 0 Å². The maximum absolute atomic E-state index is 11.5. The molecule has 19 heavy (non-hydrogen) atoms. The van der Waals surface area contributed by atoms with E-state index in [-0.39, 0.29) is 18.4 Å². The number of hydrogen-bond donors (Lipinski definition) is 4. The SMILES string of the molecule is CCNC(=O)NC(=O)C(C)NCCC(=O)NC(C)C. The van der Waals surface area contributed by atoms with Crippen molar-refractivity contribution in [3.8, 4) is 0 Å². The van der Waals surface area contributed by atoms with Gasteiger partial charge in [0.1, 0.15) is 0 Å². The number of carbonyl (C=O) groups excluding carboxylic acids is 3. The van der Waals surface area contributed by atoms with Crippen molar-refractivity contribution >= 4 is 17.8 Å². The van der Waals surface area contributed by atoms with Crippen molar-refractivity contribution in [1.82, 2.24) is 21.3 Å². The van der Waals surface area contributed by atoms with Crippen LogP contribution >= 0.6 is 0 Å². The number of imide groups is 1. The van der Waals surface area contributed by atoms with E-state index in [4.69, 9.17) is 0 Å². The van der Waals surface area contributed by atoms with Gasteiger partial charge in [-0.3, -0.25) is 14.9 Å². The van der Waals surface area contributed by atoms with Crippen LogP contribution in [0, 0.1) is 0 Å². The van der Waals surface area contributed by atoms with Crippen molar-refractivity contribution in [2.24, 2.45) is 0 Å². The van der Waals surface area contributed by atoms with Crippen molar-refractivity contribution in [2.75, 3.05) is 13.1 Å². The molecule has 4 amide bonds. The minimum atomic E-state index is -0.533. The first-order chi connectivity index (χ1) is 8.86. The van der Waals surface area contributed by atoms with Gasteiger partial charge in [-0.25, -0.2) is 4.79 Å². The minimum Gasteiger partial charge on any atom is -0.354 e. The topological polar surface area (TPSA) is 99.3 Å². The third kappa shape index (κ3) is 9.01. The predicted octanol–water partition coefficient (Wildman–Crippen LogP) is -0.275. The number of rotatable bonds is 7. The highest BCUT2D eigenvalue weighted by Gasteiger charge is 2.15. The normalized spacial score (nSPS) is 11.8. The number of urea groups is 1. The Morgan fingerprint density at radius 3 is 2.26 bits per heavy atom. The van der Waals surface area contributed by atoms with Gasteiger partial charge in [0, 0.05) is 25.6 Å². The molecule has 0 spiro atoms. The van der Waals surface area contributed by atoms with Gasteiger partial charge in [-0.05, 0) is 27.7 Å². The lowest BCUT2D eigenvalue weighted by atomic mass is 10.3. The van der Waals surface area contributed by atoms with Crippen molar-refractivity contribution < 1.29 is 14.4 Å². The smallest absolute Gasteiger partial charge is 0.321 e. The molecule has 0 aromatic carbocycles. The monoisotopic (exact) mass is 272 g/mol. The Bertz CT molecular complexity index is 318. The third-order valence-electron chi connectivity index (χ3n) is 2.22. The van der Waals surface area contributed by atoms with E-state index in [0.717, 1.165) is 0 Å². The fourth-order valence-corrected chi connectivity index (χ4v) is 1.31. The summed E-state index contributed by atoms with van der Waals surface area (Å²) in [6.45, 7) is 7.99. The Labute approximate surface area is 113 Å². The molecule has 0 bridgehead atoms. The van der Waals surface area contributed by atoms with Crippen molar-refractivity contribution in [2.45, 2.75) is 46.2 Å². The summed E-state index contributed by atoms with van der Waals surface area (Å²) in [4.78, 5) is 34.0. The molecule has 0 fully saturated rings. The van der Waals surface area contributed by atoms with Crippen LogP contribution in [-0.4, -0.2) is 43.0 Å². The molecular weight excluding hydrogens is 248 g/mol. The van der Waals surface area contributed by atoms with Crippen molar-refractivity contribution in [1.29, 1.82) is 0 Å². The molecule has 4 N–H and O–H groups in total. The Kier molecular flexibility index (Phi) is 8.52. The van der Waals surface area contributed by atoms with Crippen molar-refractivity contribution in [3.63, 3.8) is 0 Å². The predicted molar refractivity (Wildman–Crippen MR) is 72.6 cm³/mol. The van der Waals surface area contributed by atoms with E-state index < -0.39 is 18.0 Å². The first-order valence-electron chi connectivity index (χ1n) is 6.48. The summed E-state index contributed by atoms with van der Waals surface area (Å²) in [5, 5.41) is 10.3. The van der Waals surface area contributed by atoms with E-state index in [1.807, 2.05) is 13.8 Å². The molecule has 0 aliphatic heterocycles. The number of nitrogens with one attached hydrogen (secondary N) is 4. The van der Waals surface area contributed by atoms with Crippen molar-refractivity contribution in [3.05, 3.63) is 0 Å². The van der Waals surface area contributed by atoms with Crippen LogP contribution in [0.25, 0.3) is 0 Å². The molecule has 0 saturated heterocycles. The van der Waals surface area contributed by atoms with E-state index in [1.165, 1.54) is 0 Å².